The summed E-state index contributed by atoms with van der Waals surface area (Å²) in [7, 11) is 0. The minimum atomic E-state index is 0.828. The Morgan fingerprint density at radius 2 is 1.74 bits per heavy atom. The van der Waals surface area contributed by atoms with Gasteiger partial charge in [0.25, 0.3) is 0 Å². The molecule has 0 aliphatic carbocycles. The fourth-order valence-corrected chi connectivity index (χ4v) is 3.31. The van der Waals surface area contributed by atoms with Gasteiger partial charge in [0.2, 0.25) is 0 Å². The quantitative estimate of drug-likeness (QED) is 0.696. The largest absolute Gasteiger partial charge is 0.371 e. The molecule has 0 atom stereocenters. The van der Waals surface area contributed by atoms with E-state index in [1.807, 2.05) is 24.4 Å². The number of pyridine rings is 2. The lowest BCUT2D eigenvalue weighted by atomic mass is 9.98. The van der Waals surface area contributed by atoms with Crippen LogP contribution in [-0.4, -0.2) is 23.1 Å². The molecule has 116 valence electrons. The van der Waals surface area contributed by atoms with E-state index in [-0.39, 0.29) is 0 Å². The van der Waals surface area contributed by atoms with Crippen molar-refractivity contribution in [3.05, 3.63) is 54.7 Å². The van der Waals surface area contributed by atoms with Crippen molar-refractivity contribution in [2.75, 3.05) is 18.0 Å². The molecule has 1 saturated heterocycles. The summed E-state index contributed by atoms with van der Waals surface area (Å²) in [6.45, 7) is 4.59. The van der Waals surface area contributed by atoms with E-state index in [9.17, 15) is 0 Å². The molecular formula is C20H21N3. The smallest absolute Gasteiger partial charge is 0.0914 e. The molecule has 3 heterocycles. The van der Waals surface area contributed by atoms with Crippen LogP contribution in [0.1, 0.15) is 19.8 Å². The van der Waals surface area contributed by atoms with E-state index >= 15 is 0 Å². The summed E-state index contributed by atoms with van der Waals surface area (Å²) in [6.07, 6.45) is 4.35. The van der Waals surface area contributed by atoms with Gasteiger partial charge in [-0.3, -0.25) is 4.98 Å². The van der Waals surface area contributed by atoms with Gasteiger partial charge in [0.15, 0.2) is 0 Å². The first-order chi connectivity index (χ1) is 11.3. The Bertz CT molecular complexity index is 805. The van der Waals surface area contributed by atoms with Crippen molar-refractivity contribution >= 4 is 16.6 Å². The van der Waals surface area contributed by atoms with Crippen LogP contribution in [-0.2, 0) is 0 Å². The second-order valence-corrected chi connectivity index (χ2v) is 6.43. The molecule has 0 bridgehead atoms. The van der Waals surface area contributed by atoms with Crippen molar-refractivity contribution < 1.29 is 0 Å². The van der Waals surface area contributed by atoms with Crippen LogP contribution in [0, 0.1) is 5.92 Å². The lowest BCUT2D eigenvalue weighted by molar-refractivity contribution is 0.439. The highest BCUT2D eigenvalue weighted by atomic mass is 15.1. The van der Waals surface area contributed by atoms with Crippen LogP contribution >= 0.6 is 0 Å². The lowest BCUT2D eigenvalue weighted by Crippen LogP contribution is -2.32. The minimum Gasteiger partial charge on any atom is -0.371 e. The Kier molecular flexibility index (Phi) is 3.70. The lowest BCUT2D eigenvalue weighted by Gasteiger charge is -2.33. The SMILES string of the molecule is CC1CCN(c2cc(-c3ccccn3)nc3ccccc23)CC1. The zero-order valence-corrected chi connectivity index (χ0v) is 13.4. The van der Waals surface area contributed by atoms with E-state index in [0.29, 0.717) is 0 Å². The molecule has 1 aliphatic heterocycles. The van der Waals surface area contributed by atoms with Crippen molar-refractivity contribution in [1.29, 1.82) is 0 Å². The Hall–Kier alpha value is -2.42. The van der Waals surface area contributed by atoms with E-state index in [4.69, 9.17) is 4.98 Å². The fraction of sp³-hybridized carbons (Fsp3) is 0.300. The summed E-state index contributed by atoms with van der Waals surface area (Å²) in [6, 6.07) is 16.6. The van der Waals surface area contributed by atoms with Gasteiger partial charge in [-0.1, -0.05) is 31.2 Å². The third-order valence-corrected chi connectivity index (χ3v) is 4.75. The van der Waals surface area contributed by atoms with E-state index in [2.05, 4.69) is 47.1 Å². The van der Waals surface area contributed by atoms with Gasteiger partial charge in [-0.2, -0.15) is 0 Å². The molecule has 4 rings (SSSR count). The maximum atomic E-state index is 4.83. The number of benzene rings is 1. The summed E-state index contributed by atoms with van der Waals surface area (Å²) in [4.78, 5) is 11.8. The van der Waals surface area contributed by atoms with Crippen LogP contribution in [0.5, 0.6) is 0 Å². The number of anilines is 1. The first-order valence-corrected chi connectivity index (χ1v) is 8.37. The van der Waals surface area contributed by atoms with Crippen molar-refractivity contribution in [2.45, 2.75) is 19.8 Å². The standard InChI is InChI=1S/C20H21N3/c1-15-9-12-23(13-10-15)20-14-19(18-8-4-5-11-21-18)22-17-7-3-2-6-16(17)20/h2-8,11,14-15H,9-10,12-13H2,1H3. The molecule has 1 aliphatic rings. The Labute approximate surface area is 137 Å². The highest BCUT2D eigenvalue weighted by Gasteiger charge is 2.19. The van der Waals surface area contributed by atoms with Crippen LogP contribution in [0.25, 0.3) is 22.3 Å². The summed E-state index contributed by atoms with van der Waals surface area (Å²) >= 11 is 0. The third kappa shape index (κ3) is 2.79. The van der Waals surface area contributed by atoms with Gasteiger partial charge in [-0.15, -0.1) is 0 Å². The number of rotatable bonds is 2. The molecule has 1 aromatic carbocycles. The van der Waals surface area contributed by atoms with Gasteiger partial charge < -0.3 is 4.90 Å². The molecule has 0 amide bonds. The van der Waals surface area contributed by atoms with Crippen molar-refractivity contribution in [1.82, 2.24) is 9.97 Å². The number of hydrogen-bond acceptors (Lipinski definition) is 3. The molecular weight excluding hydrogens is 282 g/mol. The van der Waals surface area contributed by atoms with Crippen molar-refractivity contribution in [2.24, 2.45) is 5.92 Å². The Morgan fingerprint density at radius 1 is 0.957 bits per heavy atom. The zero-order valence-electron chi connectivity index (χ0n) is 13.4. The van der Waals surface area contributed by atoms with Crippen LogP contribution in [0.2, 0.25) is 0 Å². The number of para-hydroxylation sites is 1. The van der Waals surface area contributed by atoms with E-state index < -0.39 is 0 Å². The van der Waals surface area contributed by atoms with Gasteiger partial charge in [-0.25, -0.2) is 4.98 Å². The number of piperidine rings is 1. The second-order valence-electron chi connectivity index (χ2n) is 6.43. The molecule has 1 fully saturated rings. The highest BCUT2D eigenvalue weighted by molar-refractivity contribution is 5.94. The predicted molar refractivity (Wildman–Crippen MR) is 95.6 cm³/mol. The number of aromatic nitrogens is 2. The van der Waals surface area contributed by atoms with Crippen molar-refractivity contribution in [3.63, 3.8) is 0 Å². The number of hydrogen-bond donors (Lipinski definition) is 0. The first kappa shape index (κ1) is 14.2. The maximum Gasteiger partial charge on any atom is 0.0914 e. The normalized spacial score (nSPS) is 16.0. The molecule has 3 heteroatoms. The van der Waals surface area contributed by atoms with Crippen LogP contribution in [0.15, 0.2) is 54.7 Å². The maximum absolute atomic E-state index is 4.83. The summed E-state index contributed by atoms with van der Waals surface area (Å²) in [5.74, 6) is 0.828. The van der Waals surface area contributed by atoms with Crippen LogP contribution in [0.4, 0.5) is 5.69 Å². The number of fused-ring (bicyclic) bond motifs is 1. The number of nitrogens with zero attached hydrogens (tertiary/aromatic N) is 3. The minimum absolute atomic E-state index is 0.828. The molecule has 0 spiro atoms. The third-order valence-electron chi connectivity index (χ3n) is 4.75. The monoisotopic (exact) mass is 303 g/mol. The first-order valence-electron chi connectivity index (χ1n) is 8.37. The average Bonchev–Trinajstić information content (AvgIpc) is 2.62. The van der Waals surface area contributed by atoms with E-state index in [1.54, 1.807) is 0 Å². The van der Waals surface area contributed by atoms with Crippen LogP contribution < -0.4 is 4.90 Å². The van der Waals surface area contributed by atoms with E-state index in [0.717, 1.165) is 35.9 Å². The average molecular weight is 303 g/mol. The Morgan fingerprint density at radius 3 is 2.52 bits per heavy atom. The Balaban J connectivity index is 1.84. The summed E-state index contributed by atoms with van der Waals surface area (Å²) in [5.41, 5.74) is 4.23. The van der Waals surface area contributed by atoms with Crippen molar-refractivity contribution in [3.8, 4) is 11.4 Å². The topological polar surface area (TPSA) is 29.0 Å². The predicted octanol–water partition coefficient (Wildman–Crippen LogP) is 4.53. The van der Waals surface area contributed by atoms with E-state index in [1.165, 1.54) is 23.9 Å². The van der Waals surface area contributed by atoms with Gasteiger partial charge in [0.05, 0.1) is 16.9 Å². The van der Waals surface area contributed by atoms with Gasteiger partial charge >= 0.3 is 0 Å². The highest BCUT2D eigenvalue weighted by Crippen LogP contribution is 2.32. The zero-order chi connectivity index (χ0) is 15.6. The molecule has 2 aromatic heterocycles. The molecule has 0 unspecified atom stereocenters. The molecule has 23 heavy (non-hydrogen) atoms. The van der Waals surface area contributed by atoms with Gasteiger partial charge in [-0.05, 0) is 43.0 Å². The van der Waals surface area contributed by atoms with Gasteiger partial charge in [0.1, 0.15) is 0 Å². The second kappa shape index (κ2) is 5.99. The molecule has 3 nitrogen and oxygen atoms in total. The molecule has 0 N–H and O–H groups in total. The van der Waals surface area contributed by atoms with Gasteiger partial charge in [0, 0.05) is 30.4 Å². The molecule has 3 aromatic rings. The molecule has 0 saturated carbocycles. The summed E-state index contributed by atoms with van der Waals surface area (Å²) in [5, 5.41) is 1.24. The molecule has 0 radical (unpaired) electrons. The van der Waals surface area contributed by atoms with Crippen LogP contribution in [0.3, 0.4) is 0 Å². The summed E-state index contributed by atoms with van der Waals surface area (Å²) < 4.78 is 0. The fourth-order valence-electron chi connectivity index (χ4n) is 3.31.